The van der Waals surface area contributed by atoms with Gasteiger partial charge in [0.2, 0.25) is 6.10 Å². The molecule has 4 nitrogen and oxygen atoms in total. The van der Waals surface area contributed by atoms with E-state index in [1.165, 1.54) is 12.1 Å². The number of carbonyl (C=O) groups is 1. The first-order valence-electron chi connectivity index (χ1n) is 6.99. The largest absolute Gasteiger partial charge is 0.478 e. The van der Waals surface area contributed by atoms with Gasteiger partial charge in [0.15, 0.2) is 0 Å². The first kappa shape index (κ1) is 17.5. The number of fused-ring (bicyclic) bond motifs is 1. The van der Waals surface area contributed by atoms with E-state index < -0.39 is 23.8 Å². The quantitative estimate of drug-likeness (QED) is 0.776. The molecular formula is C15H15ClF3NO3. The third kappa shape index (κ3) is 3.90. The number of ether oxygens (including phenoxy) is 1. The minimum absolute atomic E-state index is 0.0549. The number of carboxylic acids is 1. The first-order valence-corrected chi connectivity index (χ1v) is 7.37. The molecule has 126 valence electrons. The molecule has 2 rings (SSSR count). The van der Waals surface area contributed by atoms with E-state index in [1.807, 2.05) is 6.92 Å². The van der Waals surface area contributed by atoms with Crippen LogP contribution in [0.15, 0.2) is 17.7 Å². The molecule has 1 unspecified atom stereocenters. The highest BCUT2D eigenvalue weighted by molar-refractivity contribution is 6.33. The topological polar surface area (TPSA) is 58.6 Å². The lowest BCUT2D eigenvalue weighted by molar-refractivity contribution is -0.187. The number of hydrogen-bond donors (Lipinski definition) is 2. The summed E-state index contributed by atoms with van der Waals surface area (Å²) < 4.78 is 43.9. The van der Waals surface area contributed by atoms with E-state index in [0.29, 0.717) is 12.2 Å². The number of halogens is 4. The normalized spacial score (nSPS) is 17.1. The van der Waals surface area contributed by atoms with Crippen LogP contribution in [-0.2, 0) is 4.79 Å². The van der Waals surface area contributed by atoms with Crippen molar-refractivity contribution >= 4 is 29.3 Å². The summed E-state index contributed by atoms with van der Waals surface area (Å²) in [6.07, 6.45) is -4.55. The number of hydrogen-bond acceptors (Lipinski definition) is 3. The number of unbranched alkanes of at least 4 members (excludes halogenated alkanes) is 1. The molecule has 0 radical (unpaired) electrons. The van der Waals surface area contributed by atoms with Gasteiger partial charge in [0.25, 0.3) is 0 Å². The van der Waals surface area contributed by atoms with E-state index in [1.54, 1.807) is 0 Å². The molecule has 0 spiro atoms. The van der Waals surface area contributed by atoms with Crippen LogP contribution in [0, 0.1) is 0 Å². The molecule has 0 aliphatic carbocycles. The predicted molar refractivity (Wildman–Crippen MR) is 80.9 cm³/mol. The fourth-order valence-corrected chi connectivity index (χ4v) is 2.41. The fraction of sp³-hybridized carbons (Fsp3) is 0.400. The molecule has 1 aromatic rings. The summed E-state index contributed by atoms with van der Waals surface area (Å²) in [6.45, 7) is 2.62. The van der Waals surface area contributed by atoms with Crippen LogP contribution in [0.2, 0.25) is 5.02 Å². The third-order valence-corrected chi connectivity index (χ3v) is 3.64. The van der Waals surface area contributed by atoms with Crippen LogP contribution in [0.4, 0.5) is 18.9 Å². The zero-order valence-corrected chi connectivity index (χ0v) is 13.0. The van der Waals surface area contributed by atoms with Gasteiger partial charge in [-0.1, -0.05) is 24.9 Å². The van der Waals surface area contributed by atoms with Crippen LogP contribution in [0.5, 0.6) is 5.75 Å². The second-order valence-corrected chi connectivity index (χ2v) is 5.50. The number of anilines is 1. The lowest BCUT2D eigenvalue weighted by atomic mass is 10.0. The molecule has 0 saturated heterocycles. The van der Waals surface area contributed by atoms with Gasteiger partial charge in [-0.05, 0) is 18.6 Å². The van der Waals surface area contributed by atoms with Gasteiger partial charge in [0, 0.05) is 18.2 Å². The number of aliphatic carboxylic acids is 1. The Morgan fingerprint density at radius 1 is 1.43 bits per heavy atom. The van der Waals surface area contributed by atoms with Crippen molar-refractivity contribution in [2.75, 3.05) is 11.9 Å². The Morgan fingerprint density at radius 3 is 2.70 bits per heavy atom. The molecule has 1 aliphatic heterocycles. The van der Waals surface area contributed by atoms with Crippen LogP contribution in [0.25, 0.3) is 6.08 Å². The lowest BCUT2D eigenvalue weighted by Crippen LogP contribution is -2.40. The highest BCUT2D eigenvalue weighted by atomic mass is 35.5. The molecule has 1 heterocycles. The molecule has 0 amide bonds. The number of nitrogens with one attached hydrogen (secondary N) is 1. The Kier molecular flexibility index (Phi) is 5.09. The average Bonchev–Trinajstić information content (AvgIpc) is 2.45. The second kappa shape index (κ2) is 6.70. The van der Waals surface area contributed by atoms with E-state index in [2.05, 4.69) is 5.32 Å². The van der Waals surface area contributed by atoms with Gasteiger partial charge in [-0.3, -0.25) is 0 Å². The zero-order chi connectivity index (χ0) is 17.2. The second-order valence-electron chi connectivity index (χ2n) is 5.09. The molecule has 1 aliphatic rings. The summed E-state index contributed by atoms with van der Waals surface area (Å²) in [5, 5.41) is 12.3. The lowest BCUT2D eigenvalue weighted by Gasteiger charge is -2.27. The van der Waals surface area contributed by atoms with Crippen molar-refractivity contribution in [3.8, 4) is 5.75 Å². The summed E-state index contributed by atoms with van der Waals surface area (Å²) in [6, 6.07) is 2.75. The van der Waals surface area contributed by atoms with E-state index in [-0.39, 0.29) is 16.3 Å². The molecule has 23 heavy (non-hydrogen) atoms. The maximum atomic E-state index is 13.0. The van der Waals surface area contributed by atoms with Crippen molar-refractivity contribution < 1.29 is 27.8 Å². The molecule has 0 bridgehead atoms. The Labute approximate surface area is 135 Å². The highest BCUT2D eigenvalue weighted by Crippen LogP contribution is 2.40. The van der Waals surface area contributed by atoms with Gasteiger partial charge in [0.05, 0.1) is 16.3 Å². The highest BCUT2D eigenvalue weighted by Gasteiger charge is 2.48. The van der Waals surface area contributed by atoms with Gasteiger partial charge < -0.3 is 15.2 Å². The summed E-state index contributed by atoms with van der Waals surface area (Å²) in [4.78, 5) is 11.1. The maximum Gasteiger partial charge on any atom is 0.430 e. The molecule has 0 fully saturated rings. The standard InChI is InChI=1S/C15H15ClF3NO3/c1-2-3-4-20-11-7-12-8(6-10(11)16)5-9(14(21)22)13(23-12)15(17,18)19/h5-7,13,20H,2-4H2,1H3,(H,21,22). The van der Waals surface area contributed by atoms with Crippen LogP contribution in [-0.4, -0.2) is 29.9 Å². The van der Waals surface area contributed by atoms with Crippen molar-refractivity contribution in [3.63, 3.8) is 0 Å². The van der Waals surface area contributed by atoms with Crippen molar-refractivity contribution in [2.24, 2.45) is 0 Å². The van der Waals surface area contributed by atoms with Gasteiger partial charge in [-0.2, -0.15) is 13.2 Å². The van der Waals surface area contributed by atoms with Crippen LogP contribution >= 0.6 is 11.6 Å². The number of rotatable bonds is 5. The van der Waals surface area contributed by atoms with Gasteiger partial charge >= 0.3 is 12.1 Å². The monoisotopic (exact) mass is 349 g/mol. The molecule has 2 N–H and O–H groups in total. The van der Waals surface area contributed by atoms with Crippen molar-refractivity contribution in [1.29, 1.82) is 0 Å². The molecule has 1 aromatic carbocycles. The van der Waals surface area contributed by atoms with Gasteiger partial charge in [-0.25, -0.2) is 4.79 Å². The maximum absolute atomic E-state index is 13.0. The van der Waals surface area contributed by atoms with E-state index >= 15 is 0 Å². The van der Waals surface area contributed by atoms with Crippen molar-refractivity contribution in [1.82, 2.24) is 0 Å². The minimum atomic E-state index is -4.82. The summed E-state index contributed by atoms with van der Waals surface area (Å²) in [5.41, 5.74) is -0.214. The molecular weight excluding hydrogens is 335 g/mol. The molecule has 1 atom stereocenters. The summed E-state index contributed by atoms with van der Waals surface area (Å²) in [5.74, 6) is -1.74. The SMILES string of the molecule is CCCCNc1cc2c(cc1Cl)C=C(C(=O)O)C(C(F)(F)F)O2. The molecule has 8 heteroatoms. The number of alkyl halides is 3. The first-order chi connectivity index (χ1) is 10.7. The Balaban J connectivity index is 2.39. The average molecular weight is 350 g/mol. The molecule has 0 saturated carbocycles. The van der Waals surface area contributed by atoms with Crippen LogP contribution in [0.1, 0.15) is 25.3 Å². The molecule has 0 aromatic heterocycles. The van der Waals surface area contributed by atoms with Gasteiger partial charge in [-0.15, -0.1) is 0 Å². The zero-order valence-electron chi connectivity index (χ0n) is 12.2. The smallest absolute Gasteiger partial charge is 0.430 e. The van der Waals surface area contributed by atoms with Crippen LogP contribution < -0.4 is 10.1 Å². The summed E-state index contributed by atoms with van der Waals surface area (Å²) >= 11 is 6.08. The van der Waals surface area contributed by atoms with Gasteiger partial charge in [0.1, 0.15) is 5.75 Å². The van der Waals surface area contributed by atoms with Crippen molar-refractivity contribution in [3.05, 3.63) is 28.3 Å². The Bertz CT molecular complexity index is 644. The Hall–Kier alpha value is -1.89. The minimum Gasteiger partial charge on any atom is -0.478 e. The van der Waals surface area contributed by atoms with E-state index in [4.69, 9.17) is 21.4 Å². The van der Waals surface area contributed by atoms with E-state index in [9.17, 15) is 18.0 Å². The number of carboxylic acid groups (broad SMARTS) is 1. The number of benzene rings is 1. The summed E-state index contributed by atoms with van der Waals surface area (Å²) in [7, 11) is 0. The van der Waals surface area contributed by atoms with Crippen molar-refractivity contribution in [2.45, 2.75) is 32.0 Å². The Morgan fingerprint density at radius 2 is 2.13 bits per heavy atom. The fourth-order valence-electron chi connectivity index (χ4n) is 2.17. The third-order valence-electron chi connectivity index (χ3n) is 3.33. The van der Waals surface area contributed by atoms with Crippen LogP contribution in [0.3, 0.4) is 0 Å². The predicted octanol–water partition coefficient (Wildman–Crippen LogP) is 4.34. The van der Waals surface area contributed by atoms with E-state index in [0.717, 1.165) is 18.9 Å².